The van der Waals surface area contributed by atoms with Gasteiger partial charge in [-0.1, -0.05) is 41.9 Å². The van der Waals surface area contributed by atoms with Crippen LogP contribution >= 0.6 is 11.6 Å². The molecule has 0 spiro atoms. The van der Waals surface area contributed by atoms with Crippen molar-refractivity contribution >= 4 is 28.9 Å². The highest BCUT2D eigenvalue weighted by Gasteiger charge is 2.31. The van der Waals surface area contributed by atoms with Crippen LogP contribution in [0.15, 0.2) is 67.0 Å². The summed E-state index contributed by atoms with van der Waals surface area (Å²) in [5.74, 6) is -0.0107. The fraction of sp³-hybridized carbons (Fsp3) is 0.217. The number of amides is 1. The number of benzene rings is 2. The monoisotopic (exact) mass is 391 g/mol. The van der Waals surface area contributed by atoms with E-state index in [1.165, 1.54) is 11.1 Å². The molecular formula is C23H22ClN3O. The standard InChI is InChI=1S/C23H22ClN3O/c1-16-11-18-6-2-3-8-22(18)27(16)23(28)19-13-21(15-25-14-19)26-10-9-17-5-4-7-20(24)12-17/h2-8,12-16,26H,9-11H2,1H3. The second-order valence-electron chi connectivity index (χ2n) is 7.13. The SMILES string of the molecule is CC1Cc2ccccc2N1C(=O)c1cncc(NCCc2cccc(Cl)c2)c1. The summed E-state index contributed by atoms with van der Waals surface area (Å²) in [4.78, 5) is 19.3. The fourth-order valence-electron chi connectivity index (χ4n) is 3.71. The zero-order valence-electron chi connectivity index (χ0n) is 15.7. The zero-order chi connectivity index (χ0) is 19.5. The summed E-state index contributed by atoms with van der Waals surface area (Å²) in [6.07, 6.45) is 5.11. The Kier molecular flexibility index (Phi) is 5.31. The number of nitrogens with one attached hydrogen (secondary N) is 1. The van der Waals surface area contributed by atoms with Gasteiger partial charge in [-0.25, -0.2) is 0 Å². The fourth-order valence-corrected chi connectivity index (χ4v) is 3.92. The van der Waals surface area contributed by atoms with Crippen molar-refractivity contribution < 1.29 is 4.79 Å². The van der Waals surface area contributed by atoms with Gasteiger partial charge in [-0.05, 0) is 55.2 Å². The van der Waals surface area contributed by atoms with Crippen LogP contribution in [0.2, 0.25) is 5.02 Å². The van der Waals surface area contributed by atoms with Gasteiger partial charge in [-0.3, -0.25) is 9.78 Å². The molecule has 1 aliphatic heterocycles. The lowest BCUT2D eigenvalue weighted by molar-refractivity contribution is 0.0981. The summed E-state index contributed by atoms with van der Waals surface area (Å²) in [5.41, 5.74) is 4.82. The highest BCUT2D eigenvalue weighted by Crippen LogP contribution is 2.33. The lowest BCUT2D eigenvalue weighted by Gasteiger charge is -2.23. The Bertz CT molecular complexity index is 1000. The molecule has 2 heterocycles. The first-order chi connectivity index (χ1) is 13.6. The molecule has 0 saturated carbocycles. The van der Waals surface area contributed by atoms with E-state index in [9.17, 15) is 4.79 Å². The van der Waals surface area contributed by atoms with E-state index >= 15 is 0 Å². The summed E-state index contributed by atoms with van der Waals surface area (Å²) in [5, 5.41) is 4.09. The molecule has 1 atom stereocenters. The molecule has 1 N–H and O–H groups in total. The molecule has 2 aromatic carbocycles. The van der Waals surface area contributed by atoms with Crippen molar-refractivity contribution in [1.29, 1.82) is 0 Å². The van der Waals surface area contributed by atoms with Gasteiger partial charge in [-0.2, -0.15) is 0 Å². The van der Waals surface area contributed by atoms with Gasteiger partial charge in [0.15, 0.2) is 0 Å². The van der Waals surface area contributed by atoms with Crippen molar-refractivity contribution in [2.24, 2.45) is 0 Å². The van der Waals surface area contributed by atoms with Crippen LogP contribution in [-0.2, 0) is 12.8 Å². The molecule has 4 rings (SSSR count). The number of hydrogen-bond donors (Lipinski definition) is 1. The van der Waals surface area contributed by atoms with Gasteiger partial charge in [0.1, 0.15) is 0 Å². The molecule has 1 aromatic heterocycles. The number of nitrogens with zero attached hydrogens (tertiary/aromatic N) is 2. The number of anilines is 2. The maximum absolute atomic E-state index is 13.1. The molecular weight excluding hydrogens is 370 g/mol. The molecule has 5 heteroatoms. The highest BCUT2D eigenvalue weighted by molar-refractivity contribution is 6.30. The Morgan fingerprint density at radius 2 is 2.04 bits per heavy atom. The third-order valence-corrected chi connectivity index (χ3v) is 5.28. The van der Waals surface area contributed by atoms with Crippen LogP contribution in [0.25, 0.3) is 0 Å². The minimum absolute atomic E-state index is 0.0107. The van der Waals surface area contributed by atoms with E-state index in [0.717, 1.165) is 35.8 Å². The van der Waals surface area contributed by atoms with Crippen LogP contribution < -0.4 is 10.2 Å². The Labute approximate surface area is 170 Å². The van der Waals surface area contributed by atoms with Crippen molar-refractivity contribution in [2.75, 3.05) is 16.8 Å². The maximum atomic E-state index is 13.1. The van der Waals surface area contributed by atoms with E-state index in [1.807, 2.05) is 47.4 Å². The second kappa shape index (κ2) is 8.03. The summed E-state index contributed by atoms with van der Waals surface area (Å²) in [6.45, 7) is 2.82. The number of para-hydroxylation sites is 1. The third kappa shape index (κ3) is 3.87. The predicted molar refractivity (Wildman–Crippen MR) is 114 cm³/mol. The van der Waals surface area contributed by atoms with Gasteiger partial charge in [-0.15, -0.1) is 0 Å². The van der Waals surface area contributed by atoms with Gasteiger partial charge in [0, 0.05) is 35.7 Å². The van der Waals surface area contributed by atoms with Crippen LogP contribution in [0.1, 0.15) is 28.4 Å². The van der Waals surface area contributed by atoms with Gasteiger partial charge in [0.2, 0.25) is 0 Å². The first-order valence-corrected chi connectivity index (χ1v) is 9.84. The molecule has 28 heavy (non-hydrogen) atoms. The minimum Gasteiger partial charge on any atom is -0.383 e. The average molecular weight is 392 g/mol. The lowest BCUT2D eigenvalue weighted by atomic mass is 10.1. The lowest BCUT2D eigenvalue weighted by Crippen LogP contribution is -2.35. The van der Waals surface area contributed by atoms with E-state index in [1.54, 1.807) is 12.4 Å². The number of carbonyl (C=O) groups excluding carboxylic acids is 1. The average Bonchev–Trinajstić information content (AvgIpc) is 3.03. The third-order valence-electron chi connectivity index (χ3n) is 5.04. The minimum atomic E-state index is -0.0107. The zero-order valence-corrected chi connectivity index (χ0v) is 16.5. The molecule has 3 aromatic rings. The Balaban J connectivity index is 1.45. The summed E-state index contributed by atoms with van der Waals surface area (Å²) < 4.78 is 0. The quantitative estimate of drug-likeness (QED) is 0.667. The van der Waals surface area contributed by atoms with E-state index < -0.39 is 0 Å². The Hall–Kier alpha value is -2.85. The Morgan fingerprint density at radius 3 is 2.89 bits per heavy atom. The smallest absolute Gasteiger partial charge is 0.260 e. The number of halogens is 1. The number of fused-ring (bicyclic) bond motifs is 1. The van der Waals surface area contributed by atoms with Crippen LogP contribution in [0, 0.1) is 0 Å². The van der Waals surface area contributed by atoms with Crippen molar-refractivity contribution in [3.8, 4) is 0 Å². The highest BCUT2D eigenvalue weighted by atomic mass is 35.5. The molecule has 1 amide bonds. The summed E-state index contributed by atoms with van der Waals surface area (Å²) >= 11 is 6.03. The van der Waals surface area contributed by atoms with Gasteiger partial charge in [0.05, 0.1) is 11.3 Å². The molecule has 0 saturated heterocycles. The van der Waals surface area contributed by atoms with Crippen LogP contribution in [0.4, 0.5) is 11.4 Å². The topological polar surface area (TPSA) is 45.2 Å². The maximum Gasteiger partial charge on any atom is 0.260 e. The largest absolute Gasteiger partial charge is 0.383 e. The van der Waals surface area contributed by atoms with Crippen molar-refractivity contribution in [1.82, 2.24) is 4.98 Å². The predicted octanol–water partition coefficient (Wildman–Crippen LogP) is 4.98. The normalized spacial score (nSPS) is 15.4. The Morgan fingerprint density at radius 1 is 1.18 bits per heavy atom. The van der Waals surface area contributed by atoms with Crippen LogP contribution in [-0.4, -0.2) is 23.5 Å². The number of aromatic nitrogens is 1. The molecule has 1 unspecified atom stereocenters. The van der Waals surface area contributed by atoms with Crippen LogP contribution in [0.3, 0.4) is 0 Å². The molecule has 0 bridgehead atoms. The van der Waals surface area contributed by atoms with Crippen LogP contribution in [0.5, 0.6) is 0 Å². The molecule has 142 valence electrons. The van der Waals surface area contributed by atoms with Crippen molar-refractivity contribution in [3.05, 3.63) is 88.7 Å². The summed E-state index contributed by atoms with van der Waals surface area (Å²) in [7, 11) is 0. The second-order valence-corrected chi connectivity index (χ2v) is 7.56. The number of pyridine rings is 1. The molecule has 1 aliphatic rings. The first kappa shape index (κ1) is 18.5. The van der Waals surface area contributed by atoms with Gasteiger partial charge in [0.25, 0.3) is 5.91 Å². The number of hydrogen-bond acceptors (Lipinski definition) is 3. The van der Waals surface area contributed by atoms with Crippen molar-refractivity contribution in [3.63, 3.8) is 0 Å². The van der Waals surface area contributed by atoms with E-state index in [4.69, 9.17) is 11.6 Å². The van der Waals surface area contributed by atoms with E-state index in [2.05, 4.69) is 29.4 Å². The van der Waals surface area contributed by atoms with E-state index in [-0.39, 0.29) is 11.9 Å². The summed E-state index contributed by atoms with van der Waals surface area (Å²) in [6, 6.07) is 18.0. The van der Waals surface area contributed by atoms with Gasteiger partial charge >= 0.3 is 0 Å². The van der Waals surface area contributed by atoms with Crippen molar-refractivity contribution in [2.45, 2.75) is 25.8 Å². The van der Waals surface area contributed by atoms with Gasteiger partial charge < -0.3 is 10.2 Å². The molecule has 4 nitrogen and oxygen atoms in total. The van der Waals surface area contributed by atoms with E-state index in [0.29, 0.717) is 5.56 Å². The number of carbonyl (C=O) groups is 1. The first-order valence-electron chi connectivity index (χ1n) is 9.46. The number of rotatable bonds is 5. The molecule has 0 aliphatic carbocycles. The molecule has 0 radical (unpaired) electrons. The molecule has 0 fully saturated rings.